The molecule has 27 heavy (non-hydrogen) atoms. The molecule has 2 unspecified atom stereocenters. The van der Waals surface area contributed by atoms with Crippen LogP contribution in [0.2, 0.25) is 5.02 Å². The quantitative estimate of drug-likeness (QED) is 0.728. The van der Waals surface area contributed by atoms with Gasteiger partial charge in [0, 0.05) is 19.0 Å². The number of nitrogens with one attached hydrogen (secondary N) is 2. The molecule has 152 valence electrons. The third-order valence-corrected chi connectivity index (χ3v) is 6.44. The van der Waals surface area contributed by atoms with E-state index in [2.05, 4.69) is 17.0 Å². The first-order valence-electron chi connectivity index (χ1n) is 8.66. The molecular formula is C17H22ClF3N2O3S. The maximum atomic E-state index is 12.9. The second-order valence-electron chi connectivity index (χ2n) is 6.72. The number of amides is 1. The Morgan fingerprint density at radius 3 is 2.56 bits per heavy atom. The van der Waals surface area contributed by atoms with Gasteiger partial charge in [0.2, 0.25) is 15.9 Å². The lowest BCUT2D eigenvalue weighted by Crippen LogP contribution is -2.42. The molecule has 1 amide bonds. The zero-order valence-electron chi connectivity index (χ0n) is 14.8. The molecule has 1 aromatic carbocycles. The summed E-state index contributed by atoms with van der Waals surface area (Å²) in [5.74, 6) is 0.0813. The number of hydrogen-bond acceptors (Lipinski definition) is 3. The molecule has 0 spiro atoms. The van der Waals surface area contributed by atoms with Crippen LogP contribution in [0.25, 0.3) is 0 Å². The molecule has 2 atom stereocenters. The van der Waals surface area contributed by atoms with E-state index in [0.717, 1.165) is 37.8 Å². The van der Waals surface area contributed by atoms with Crippen LogP contribution in [0.15, 0.2) is 23.1 Å². The molecule has 2 rings (SSSR count). The summed E-state index contributed by atoms with van der Waals surface area (Å²) < 4.78 is 65.2. The Kier molecular flexibility index (Phi) is 7.15. The fourth-order valence-electron chi connectivity index (χ4n) is 3.08. The lowest BCUT2D eigenvalue weighted by molar-refractivity contribution is -0.137. The van der Waals surface area contributed by atoms with Gasteiger partial charge >= 0.3 is 6.18 Å². The molecule has 1 aliphatic rings. The van der Waals surface area contributed by atoms with Crippen molar-refractivity contribution in [2.24, 2.45) is 5.92 Å². The maximum absolute atomic E-state index is 12.9. The average molecular weight is 427 g/mol. The topological polar surface area (TPSA) is 75.3 Å². The van der Waals surface area contributed by atoms with E-state index in [1.54, 1.807) is 0 Å². The van der Waals surface area contributed by atoms with Gasteiger partial charge < -0.3 is 5.32 Å². The Balaban J connectivity index is 1.94. The Morgan fingerprint density at radius 1 is 1.26 bits per heavy atom. The summed E-state index contributed by atoms with van der Waals surface area (Å²) in [6.45, 7) is 1.85. The van der Waals surface area contributed by atoms with Crippen LogP contribution < -0.4 is 10.0 Å². The van der Waals surface area contributed by atoms with Gasteiger partial charge in [-0.15, -0.1) is 0 Å². The van der Waals surface area contributed by atoms with Gasteiger partial charge in [0.05, 0.1) is 15.5 Å². The van der Waals surface area contributed by atoms with Gasteiger partial charge in [-0.1, -0.05) is 31.4 Å². The summed E-state index contributed by atoms with van der Waals surface area (Å²) in [4.78, 5) is 11.4. The number of benzene rings is 1. The van der Waals surface area contributed by atoms with Crippen LogP contribution in [-0.4, -0.2) is 26.9 Å². The lowest BCUT2D eigenvalue weighted by Gasteiger charge is -2.29. The predicted octanol–water partition coefficient (Wildman–Crippen LogP) is 3.72. The largest absolute Gasteiger partial charge is 0.417 e. The minimum absolute atomic E-state index is 0.0773. The second kappa shape index (κ2) is 8.79. The van der Waals surface area contributed by atoms with E-state index in [1.165, 1.54) is 0 Å². The van der Waals surface area contributed by atoms with Crippen molar-refractivity contribution >= 4 is 27.5 Å². The average Bonchev–Trinajstić information content (AvgIpc) is 2.56. The van der Waals surface area contributed by atoms with Crippen LogP contribution >= 0.6 is 11.6 Å². The van der Waals surface area contributed by atoms with Gasteiger partial charge in [0.25, 0.3) is 0 Å². The summed E-state index contributed by atoms with van der Waals surface area (Å²) in [7, 11) is -4.19. The molecule has 0 aliphatic heterocycles. The number of halogens is 4. The molecule has 2 N–H and O–H groups in total. The van der Waals surface area contributed by atoms with E-state index in [9.17, 15) is 26.4 Å². The van der Waals surface area contributed by atoms with E-state index < -0.39 is 31.7 Å². The highest BCUT2D eigenvalue weighted by Crippen LogP contribution is 2.35. The van der Waals surface area contributed by atoms with Crippen molar-refractivity contribution in [1.82, 2.24) is 10.0 Å². The summed E-state index contributed by atoms with van der Waals surface area (Å²) in [6.07, 6.45) is -0.755. The first kappa shape index (κ1) is 22.0. The molecule has 0 bridgehead atoms. The third-order valence-electron chi connectivity index (χ3n) is 4.66. The van der Waals surface area contributed by atoms with Crippen molar-refractivity contribution in [3.8, 4) is 0 Å². The number of sulfonamides is 1. The number of carbonyl (C=O) groups is 1. The highest BCUT2D eigenvalue weighted by Gasteiger charge is 2.34. The van der Waals surface area contributed by atoms with Crippen molar-refractivity contribution < 1.29 is 26.4 Å². The molecule has 0 saturated heterocycles. The SMILES string of the molecule is CC1CCCCC1NC(=O)CCNS(=O)(=O)c1ccc(Cl)c(C(F)(F)F)c1. The number of carbonyl (C=O) groups excluding carboxylic acids is 1. The molecule has 0 heterocycles. The van der Waals surface area contributed by atoms with Crippen molar-refractivity contribution in [2.75, 3.05) is 6.54 Å². The van der Waals surface area contributed by atoms with Gasteiger partial charge in [0.15, 0.2) is 0 Å². The van der Waals surface area contributed by atoms with Crippen molar-refractivity contribution in [3.63, 3.8) is 0 Å². The molecule has 0 radical (unpaired) electrons. The smallest absolute Gasteiger partial charge is 0.353 e. The number of rotatable bonds is 6. The molecule has 5 nitrogen and oxygen atoms in total. The fraction of sp³-hybridized carbons (Fsp3) is 0.588. The van der Waals surface area contributed by atoms with E-state index in [0.29, 0.717) is 12.0 Å². The van der Waals surface area contributed by atoms with Crippen LogP contribution in [0.3, 0.4) is 0 Å². The number of alkyl halides is 3. The van der Waals surface area contributed by atoms with Crippen LogP contribution in [0, 0.1) is 5.92 Å². The maximum Gasteiger partial charge on any atom is 0.417 e. The molecule has 1 aliphatic carbocycles. The van der Waals surface area contributed by atoms with Gasteiger partial charge in [0.1, 0.15) is 0 Å². The molecule has 0 aromatic heterocycles. The molecule has 1 saturated carbocycles. The van der Waals surface area contributed by atoms with Crippen LogP contribution in [0.1, 0.15) is 44.6 Å². The highest BCUT2D eigenvalue weighted by molar-refractivity contribution is 7.89. The summed E-state index contributed by atoms with van der Waals surface area (Å²) in [6, 6.07) is 2.43. The van der Waals surface area contributed by atoms with Crippen LogP contribution in [-0.2, 0) is 21.0 Å². The first-order valence-corrected chi connectivity index (χ1v) is 10.5. The fourth-order valence-corrected chi connectivity index (χ4v) is 4.36. The predicted molar refractivity (Wildman–Crippen MR) is 95.8 cm³/mol. The van der Waals surface area contributed by atoms with Gasteiger partial charge in [-0.25, -0.2) is 13.1 Å². The van der Waals surface area contributed by atoms with Gasteiger partial charge in [-0.05, 0) is 37.0 Å². The summed E-state index contributed by atoms with van der Waals surface area (Å²) in [5.41, 5.74) is -1.23. The Morgan fingerprint density at radius 2 is 1.93 bits per heavy atom. The van der Waals surface area contributed by atoms with Crippen LogP contribution in [0.5, 0.6) is 0 Å². The Bertz CT molecular complexity index is 784. The van der Waals surface area contributed by atoms with Crippen LogP contribution in [0.4, 0.5) is 13.2 Å². The Labute approximate surface area is 161 Å². The third kappa shape index (κ3) is 6.08. The van der Waals surface area contributed by atoms with Crippen molar-refractivity contribution in [3.05, 3.63) is 28.8 Å². The van der Waals surface area contributed by atoms with Crippen molar-refractivity contribution in [2.45, 2.75) is 56.1 Å². The monoisotopic (exact) mass is 426 g/mol. The van der Waals surface area contributed by atoms with Crippen molar-refractivity contribution in [1.29, 1.82) is 0 Å². The molecule has 10 heteroatoms. The Hall–Kier alpha value is -1.32. The normalized spacial score (nSPS) is 21.1. The lowest BCUT2D eigenvalue weighted by atomic mass is 9.86. The van der Waals surface area contributed by atoms with Gasteiger partial charge in [-0.2, -0.15) is 13.2 Å². The summed E-state index contributed by atoms with van der Waals surface area (Å²) in [5, 5.41) is 2.31. The minimum Gasteiger partial charge on any atom is -0.353 e. The molecule has 1 aromatic rings. The highest BCUT2D eigenvalue weighted by atomic mass is 35.5. The van der Waals surface area contributed by atoms with Gasteiger partial charge in [-0.3, -0.25) is 4.79 Å². The minimum atomic E-state index is -4.76. The number of hydrogen-bond donors (Lipinski definition) is 2. The second-order valence-corrected chi connectivity index (χ2v) is 8.90. The summed E-state index contributed by atoms with van der Waals surface area (Å²) >= 11 is 5.49. The zero-order valence-corrected chi connectivity index (χ0v) is 16.3. The standard InChI is InChI=1S/C17H22ClF3N2O3S/c1-11-4-2-3-5-15(11)23-16(24)8-9-22-27(25,26)12-6-7-14(18)13(10-12)17(19,20)21/h6-7,10-11,15,22H,2-5,8-9H2,1H3,(H,23,24). The first-order chi connectivity index (χ1) is 12.5. The van der Waals surface area contributed by atoms with E-state index in [4.69, 9.17) is 11.6 Å². The molecule has 1 fully saturated rings. The molecular weight excluding hydrogens is 405 g/mol. The zero-order chi connectivity index (χ0) is 20.2. The van der Waals surface area contributed by atoms with E-state index in [-0.39, 0.29) is 24.9 Å². The van der Waals surface area contributed by atoms with E-state index >= 15 is 0 Å². The van der Waals surface area contributed by atoms with E-state index in [1.807, 2.05) is 0 Å².